The topological polar surface area (TPSA) is 299 Å². The number of nitrogens with two attached hydrogens (primary N) is 4. The number of carboxylic acid groups (broad SMARTS) is 1. The minimum absolute atomic E-state index is 0.0531. The summed E-state index contributed by atoms with van der Waals surface area (Å²) < 4.78 is 0. The maximum absolute atomic E-state index is 13.1. The molecule has 16 nitrogen and oxygen atoms in total. The number of guanidine groups is 1. The van der Waals surface area contributed by atoms with Gasteiger partial charge in [0, 0.05) is 13.0 Å². The third-order valence-corrected chi connectivity index (χ3v) is 5.40. The minimum atomic E-state index is -1.69. The largest absolute Gasteiger partial charge is 0.508 e. The molecule has 39 heavy (non-hydrogen) atoms. The molecule has 0 saturated heterocycles. The predicted octanol–water partition coefficient (Wildman–Crippen LogP) is -3.89. The van der Waals surface area contributed by atoms with Crippen molar-refractivity contribution < 1.29 is 39.3 Å². The number of nitrogens with zero attached hydrogens (tertiary/aromatic N) is 1. The Bertz CT molecular complexity index is 1040. The number of carbonyl (C=O) groups is 5. The molecule has 1 rings (SSSR count). The highest BCUT2D eigenvalue weighted by atomic mass is 16.4. The lowest BCUT2D eigenvalue weighted by Crippen LogP contribution is -2.59. The normalized spacial score (nSPS) is 14.5. The summed E-state index contributed by atoms with van der Waals surface area (Å²) in [5.41, 5.74) is 22.0. The van der Waals surface area contributed by atoms with Crippen molar-refractivity contribution in [3.8, 4) is 5.75 Å². The molecule has 216 valence electrons. The third kappa shape index (κ3) is 12.1. The Balaban J connectivity index is 3.08. The van der Waals surface area contributed by atoms with Crippen LogP contribution in [0.4, 0.5) is 0 Å². The zero-order chi connectivity index (χ0) is 29.7. The first-order valence-corrected chi connectivity index (χ1v) is 11.9. The number of aliphatic imine (C=N–C) groups is 1. The molecule has 0 radical (unpaired) electrons. The van der Waals surface area contributed by atoms with E-state index in [4.69, 9.17) is 22.9 Å². The number of aliphatic carboxylic acids is 1. The zero-order valence-electron chi connectivity index (χ0n) is 21.4. The summed E-state index contributed by atoms with van der Waals surface area (Å²) in [6.07, 6.45) is -1.77. The van der Waals surface area contributed by atoms with Crippen LogP contribution in [-0.2, 0) is 30.4 Å². The van der Waals surface area contributed by atoms with Crippen LogP contribution in [0.25, 0.3) is 0 Å². The highest BCUT2D eigenvalue weighted by Gasteiger charge is 2.32. The standard InChI is InChI=1S/C23H36N8O8/c1-11(32)18(22(38)39)31-21(37)15(9-12-4-6-13(33)7-5-12)30-20(36)16(10-17(25)34)29-19(35)14(24)3-2-8-28-23(26)27/h4-7,11,14-16,18,32-33H,2-3,8-10,24H2,1H3,(H2,25,34)(H,29,35)(H,30,36)(H,31,37)(H,38,39)(H4,26,27,28). The van der Waals surface area contributed by atoms with Crippen LogP contribution in [0.1, 0.15) is 31.7 Å². The minimum Gasteiger partial charge on any atom is -0.508 e. The SMILES string of the molecule is CC(O)C(NC(=O)C(Cc1ccc(O)cc1)NC(=O)C(CC(N)=O)NC(=O)C(N)CCCN=C(N)N)C(=O)O. The average molecular weight is 553 g/mol. The number of carbonyl (C=O) groups excluding carboxylic acids is 4. The molecule has 0 aliphatic heterocycles. The number of rotatable bonds is 16. The van der Waals surface area contributed by atoms with E-state index in [1.54, 1.807) is 0 Å². The summed E-state index contributed by atoms with van der Waals surface area (Å²) >= 11 is 0. The fourth-order valence-corrected chi connectivity index (χ4v) is 3.33. The Morgan fingerprint density at radius 3 is 2.00 bits per heavy atom. The molecule has 4 amide bonds. The van der Waals surface area contributed by atoms with Gasteiger partial charge in [-0.15, -0.1) is 0 Å². The quantitative estimate of drug-likeness (QED) is 0.0537. The van der Waals surface area contributed by atoms with Crippen molar-refractivity contribution in [1.29, 1.82) is 0 Å². The molecule has 5 unspecified atom stereocenters. The average Bonchev–Trinajstić information content (AvgIpc) is 2.84. The molecule has 0 spiro atoms. The predicted molar refractivity (Wildman–Crippen MR) is 139 cm³/mol. The van der Waals surface area contributed by atoms with Crippen molar-refractivity contribution in [2.45, 2.75) is 62.9 Å². The van der Waals surface area contributed by atoms with E-state index in [2.05, 4.69) is 20.9 Å². The maximum Gasteiger partial charge on any atom is 0.328 e. The number of carboxylic acids is 1. The number of benzene rings is 1. The van der Waals surface area contributed by atoms with Crippen molar-refractivity contribution in [2.24, 2.45) is 27.9 Å². The first-order chi connectivity index (χ1) is 18.2. The van der Waals surface area contributed by atoms with Crippen LogP contribution in [0.5, 0.6) is 5.75 Å². The van der Waals surface area contributed by atoms with E-state index in [1.165, 1.54) is 24.3 Å². The van der Waals surface area contributed by atoms with E-state index in [0.29, 0.717) is 12.0 Å². The number of phenolic OH excluding ortho intramolecular Hbond substituents is 1. The van der Waals surface area contributed by atoms with E-state index in [9.17, 15) is 39.3 Å². The summed E-state index contributed by atoms with van der Waals surface area (Å²) in [5, 5.41) is 35.4. The van der Waals surface area contributed by atoms with E-state index >= 15 is 0 Å². The first-order valence-electron chi connectivity index (χ1n) is 11.9. The number of aliphatic hydroxyl groups excluding tert-OH is 1. The van der Waals surface area contributed by atoms with Crippen molar-refractivity contribution in [3.05, 3.63) is 29.8 Å². The fraction of sp³-hybridized carbons (Fsp3) is 0.478. The smallest absolute Gasteiger partial charge is 0.328 e. The molecular formula is C23H36N8O8. The Morgan fingerprint density at radius 1 is 0.923 bits per heavy atom. The molecule has 0 bridgehead atoms. The van der Waals surface area contributed by atoms with Gasteiger partial charge in [-0.05, 0) is 37.5 Å². The first kappa shape index (κ1) is 32.6. The van der Waals surface area contributed by atoms with Crippen LogP contribution in [0.15, 0.2) is 29.3 Å². The third-order valence-electron chi connectivity index (χ3n) is 5.40. The Kier molecular flexibility index (Phi) is 13.1. The Hall–Kier alpha value is -4.44. The Morgan fingerprint density at radius 2 is 1.49 bits per heavy atom. The molecule has 0 aliphatic rings. The molecule has 1 aromatic carbocycles. The van der Waals surface area contributed by atoms with Gasteiger partial charge in [0.1, 0.15) is 17.8 Å². The Labute approximate surface area is 224 Å². The van der Waals surface area contributed by atoms with Crippen molar-refractivity contribution >= 4 is 35.6 Å². The number of phenols is 1. The maximum atomic E-state index is 13.1. The van der Waals surface area contributed by atoms with Gasteiger partial charge in [-0.2, -0.15) is 0 Å². The van der Waals surface area contributed by atoms with Crippen molar-refractivity contribution in [3.63, 3.8) is 0 Å². The van der Waals surface area contributed by atoms with Crippen LogP contribution < -0.4 is 38.9 Å². The van der Waals surface area contributed by atoms with Gasteiger partial charge in [0.2, 0.25) is 23.6 Å². The van der Waals surface area contributed by atoms with E-state index in [1.807, 2.05) is 0 Å². The lowest BCUT2D eigenvalue weighted by atomic mass is 10.0. The molecule has 0 fully saturated rings. The lowest BCUT2D eigenvalue weighted by molar-refractivity contribution is -0.145. The van der Waals surface area contributed by atoms with Gasteiger partial charge in [-0.1, -0.05) is 12.1 Å². The summed E-state index contributed by atoms with van der Waals surface area (Å²) in [4.78, 5) is 65.4. The van der Waals surface area contributed by atoms with Crippen LogP contribution in [-0.4, -0.2) is 87.7 Å². The van der Waals surface area contributed by atoms with Crippen LogP contribution >= 0.6 is 0 Å². The van der Waals surface area contributed by atoms with Crippen molar-refractivity contribution in [1.82, 2.24) is 16.0 Å². The van der Waals surface area contributed by atoms with Gasteiger partial charge < -0.3 is 54.2 Å². The number of nitrogens with one attached hydrogen (secondary N) is 3. The van der Waals surface area contributed by atoms with Crippen LogP contribution in [0.3, 0.4) is 0 Å². The molecule has 0 heterocycles. The molecule has 16 heteroatoms. The number of primary amides is 1. The molecule has 1 aromatic rings. The number of aliphatic hydroxyl groups is 1. The highest BCUT2D eigenvalue weighted by molar-refractivity contribution is 5.96. The number of hydrogen-bond donors (Lipinski definition) is 10. The summed E-state index contributed by atoms with van der Waals surface area (Å²) in [7, 11) is 0. The fourth-order valence-electron chi connectivity index (χ4n) is 3.33. The second-order valence-corrected chi connectivity index (χ2v) is 8.78. The molecule has 5 atom stereocenters. The zero-order valence-corrected chi connectivity index (χ0v) is 21.4. The van der Waals surface area contributed by atoms with Gasteiger partial charge in [0.15, 0.2) is 12.0 Å². The summed E-state index contributed by atoms with van der Waals surface area (Å²) in [6, 6.07) is -0.0800. The van der Waals surface area contributed by atoms with Crippen molar-refractivity contribution in [2.75, 3.05) is 6.54 Å². The van der Waals surface area contributed by atoms with Gasteiger partial charge in [0.25, 0.3) is 0 Å². The number of amides is 4. The molecule has 0 saturated carbocycles. The lowest BCUT2D eigenvalue weighted by Gasteiger charge is -2.25. The molecule has 14 N–H and O–H groups in total. The second-order valence-electron chi connectivity index (χ2n) is 8.78. The van der Waals surface area contributed by atoms with Gasteiger partial charge in [-0.25, -0.2) is 4.79 Å². The van der Waals surface area contributed by atoms with Gasteiger partial charge >= 0.3 is 5.97 Å². The van der Waals surface area contributed by atoms with E-state index < -0.39 is 66.3 Å². The number of hydrogen-bond acceptors (Lipinski definition) is 9. The molecular weight excluding hydrogens is 516 g/mol. The molecule has 0 aromatic heterocycles. The summed E-state index contributed by atoms with van der Waals surface area (Å²) in [5.74, 6) is -5.34. The monoisotopic (exact) mass is 552 g/mol. The molecule has 0 aliphatic carbocycles. The van der Waals surface area contributed by atoms with Crippen LogP contribution in [0, 0.1) is 0 Å². The number of aromatic hydroxyl groups is 1. The van der Waals surface area contributed by atoms with E-state index in [0.717, 1.165) is 6.92 Å². The highest BCUT2D eigenvalue weighted by Crippen LogP contribution is 2.12. The summed E-state index contributed by atoms with van der Waals surface area (Å²) in [6.45, 7) is 1.37. The van der Waals surface area contributed by atoms with Gasteiger partial charge in [-0.3, -0.25) is 24.2 Å². The second kappa shape index (κ2) is 15.7. The van der Waals surface area contributed by atoms with Crippen LogP contribution in [0.2, 0.25) is 0 Å². The van der Waals surface area contributed by atoms with E-state index in [-0.39, 0.29) is 31.1 Å². The van der Waals surface area contributed by atoms with Gasteiger partial charge in [0.05, 0.1) is 18.6 Å².